The van der Waals surface area contributed by atoms with Crippen molar-refractivity contribution in [1.29, 1.82) is 0 Å². The second-order valence-electron chi connectivity index (χ2n) is 9.78. The van der Waals surface area contributed by atoms with E-state index in [1.54, 1.807) is 30.6 Å². The molecule has 1 aromatic heterocycles. The molecular weight excluding hydrogens is 430 g/mol. The third kappa shape index (κ3) is 3.28. The highest BCUT2D eigenvalue weighted by Crippen LogP contribution is 2.61. The molecule has 3 unspecified atom stereocenters. The minimum Gasteiger partial charge on any atom is -0.508 e. The summed E-state index contributed by atoms with van der Waals surface area (Å²) in [6.07, 6.45) is 4.21. The fraction of sp³-hybridized carbons (Fsp3) is 0.542. The number of sulfonamides is 1. The van der Waals surface area contributed by atoms with E-state index in [2.05, 4.69) is 13.0 Å². The first-order valence-electron chi connectivity index (χ1n) is 11.1. The molecule has 0 saturated heterocycles. The molecule has 3 aliphatic carbocycles. The number of phenolic OH excluding ortho intramolecular Hbond substituents is 1. The molecule has 31 heavy (non-hydrogen) atoms. The van der Waals surface area contributed by atoms with E-state index in [0.717, 1.165) is 25.7 Å². The van der Waals surface area contributed by atoms with Gasteiger partial charge in [0.1, 0.15) is 15.7 Å². The number of thiophene rings is 1. The van der Waals surface area contributed by atoms with Crippen LogP contribution in [0.3, 0.4) is 0 Å². The molecule has 2 saturated carbocycles. The summed E-state index contributed by atoms with van der Waals surface area (Å²) in [6.45, 7) is 2.51. The molecular formula is C24H29NO4S2. The maximum atomic E-state index is 13.2. The van der Waals surface area contributed by atoms with Crippen LogP contribution in [0.25, 0.3) is 0 Å². The average Bonchev–Trinajstić information content (AvgIpc) is 3.35. The van der Waals surface area contributed by atoms with Crippen LogP contribution in [0.4, 0.5) is 0 Å². The van der Waals surface area contributed by atoms with Gasteiger partial charge in [0.05, 0.1) is 0 Å². The Morgan fingerprint density at radius 1 is 1.26 bits per heavy atom. The van der Waals surface area contributed by atoms with Crippen molar-refractivity contribution in [1.82, 2.24) is 4.31 Å². The lowest BCUT2D eigenvalue weighted by Crippen LogP contribution is -2.46. The van der Waals surface area contributed by atoms with E-state index < -0.39 is 10.0 Å². The zero-order chi connectivity index (χ0) is 22.0. The zero-order valence-corrected chi connectivity index (χ0v) is 19.6. The van der Waals surface area contributed by atoms with Gasteiger partial charge in [0.2, 0.25) is 0 Å². The molecule has 1 heterocycles. The standard InChI is InChI=1S/C24H29NO4S2/c1-24-10-9-19-18-8-6-17(26)12-15(18)5-7-20(19)23(24)16(13-21(24)27)14-25(2)31(28,29)22-4-3-11-30-22/h3-4,6,8,11-12,16,19-20,23,26H,5,7,9-10,13-14H2,1-2H3/t16-,19?,20?,23?,24-/m1/s1. The largest absolute Gasteiger partial charge is 0.508 e. The second-order valence-corrected chi connectivity index (χ2v) is 13.0. The topological polar surface area (TPSA) is 74.7 Å². The van der Waals surface area contributed by atoms with Gasteiger partial charge in [-0.3, -0.25) is 4.79 Å². The first-order chi connectivity index (χ1) is 14.7. The highest BCUT2D eigenvalue weighted by molar-refractivity contribution is 7.91. The average molecular weight is 460 g/mol. The van der Waals surface area contributed by atoms with E-state index in [9.17, 15) is 18.3 Å². The summed E-state index contributed by atoms with van der Waals surface area (Å²) in [6, 6.07) is 9.12. The lowest BCUT2D eigenvalue weighted by atomic mass is 9.54. The minimum atomic E-state index is -3.53. The molecule has 5 rings (SSSR count). The minimum absolute atomic E-state index is 0.0451. The Morgan fingerprint density at radius 2 is 2.06 bits per heavy atom. The van der Waals surface area contributed by atoms with Crippen molar-refractivity contribution in [2.45, 2.75) is 49.2 Å². The molecule has 3 aliphatic rings. The molecule has 1 aromatic carbocycles. The Kier molecular flexibility index (Phi) is 5.07. The van der Waals surface area contributed by atoms with Gasteiger partial charge in [0.25, 0.3) is 10.0 Å². The number of carbonyl (C=O) groups is 1. The van der Waals surface area contributed by atoms with Crippen LogP contribution < -0.4 is 0 Å². The van der Waals surface area contributed by atoms with Crippen molar-refractivity contribution in [3.05, 3.63) is 46.8 Å². The number of benzene rings is 1. The quantitative estimate of drug-likeness (QED) is 0.734. The molecule has 0 amide bonds. The Morgan fingerprint density at radius 3 is 2.81 bits per heavy atom. The van der Waals surface area contributed by atoms with Crippen LogP contribution in [0.15, 0.2) is 39.9 Å². The second kappa shape index (κ2) is 7.42. The number of rotatable bonds is 4. The number of carbonyl (C=O) groups excluding carboxylic acids is 1. The van der Waals surface area contributed by atoms with Crippen molar-refractivity contribution in [3.63, 3.8) is 0 Å². The van der Waals surface area contributed by atoms with Gasteiger partial charge in [0.15, 0.2) is 0 Å². The number of Topliss-reactive ketones (excluding diaryl/α,β-unsaturated/α-hetero) is 1. The van der Waals surface area contributed by atoms with Crippen LogP contribution in [0.5, 0.6) is 5.75 Å². The Balaban J connectivity index is 1.45. The predicted octanol–water partition coefficient (Wildman–Crippen LogP) is 4.43. The molecule has 2 aromatic rings. The summed E-state index contributed by atoms with van der Waals surface area (Å²) in [7, 11) is -1.88. The number of hydrogen-bond donors (Lipinski definition) is 1. The van der Waals surface area contributed by atoms with Gasteiger partial charge in [-0.05, 0) is 84.1 Å². The molecule has 5 atom stereocenters. The van der Waals surface area contributed by atoms with E-state index in [4.69, 9.17) is 0 Å². The number of fused-ring (bicyclic) bond motifs is 5. The van der Waals surface area contributed by atoms with E-state index in [-0.39, 0.29) is 17.3 Å². The molecule has 0 bridgehead atoms. The van der Waals surface area contributed by atoms with Crippen LogP contribution in [0, 0.1) is 23.2 Å². The molecule has 1 N–H and O–H groups in total. The summed E-state index contributed by atoms with van der Waals surface area (Å²) in [5, 5.41) is 11.7. The lowest BCUT2D eigenvalue weighted by Gasteiger charge is -2.50. The normalized spacial score (nSPS) is 32.5. The Labute approximate surface area is 188 Å². The lowest BCUT2D eigenvalue weighted by molar-refractivity contribution is -0.129. The maximum absolute atomic E-state index is 13.2. The van der Waals surface area contributed by atoms with E-state index in [1.807, 2.05) is 6.07 Å². The van der Waals surface area contributed by atoms with Crippen LogP contribution >= 0.6 is 11.3 Å². The fourth-order valence-electron chi connectivity index (χ4n) is 6.78. The van der Waals surface area contributed by atoms with E-state index >= 15 is 0 Å². The van der Waals surface area contributed by atoms with E-state index in [1.165, 1.54) is 26.8 Å². The Bertz CT molecular complexity index is 1110. The fourth-order valence-corrected chi connectivity index (χ4v) is 9.21. The monoisotopic (exact) mass is 459 g/mol. The molecule has 166 valence electrons. The van der Waals surface area contributed by atoms with Crippen LogP contribution in [0.2, 0.25) is 0 Å². The van der Waals surface area contributed by atoms with Crippen molar-refractivity contribution in [2.75, 3.05) is 13.6 Å². The van der Waals surface area contributed by atoms with Crippen molar-refractivity contribution in [2.24, 2.45) is 23.2 Å². The summed E-state index contributed by atoms with van der Waals surface area (Å²) in [5.41, 5.74) is 2.19. The van der Waals surface area contributed by atoms with E-state index in [0.29, 0.717) is 40.5 Å². The van der Waals surface area contributed by atoms with Crippen LogP contribution in [-0.4, -0.2) is 37.2 Å². The van der Waals surface area contributed by atoms with Gasteiger partial charge >= 0.3 is 0 Å². The van der Waals surface area contributed by atoms with Gasteiger partial charge in [-0.1, -0.05) is 19.1 Å². The predicted molar refractivity (Wildman–Crippen MR) is 121 cm³/mol. The number of phenols is 1. The number of aromatic hydroxyl groups is 1. The molecule has 0 radical (unpaired) electrons. The highest BCUT2D eigenvalue weighted by Gasteiger charge is 2.58. The van der Waals surface area contributed by atoms with Gasteiger partial charge in [-0.25, -0.2) is 8.42 Å². The van der Waals surface area contributed by atoms with Gasteiger partial charge in [-0.15, -0.1) is 11.3 Å². The van der Waals surface area contributed by atoms with Gasteiger partial charge < -0.3 is 5.11 Å². The molecule has 5 nitrogen and oxygen atoms in total. The maximum Gasteiger partial charge on any atom is 0.252 e. The van der Waals surface area contributed by atoms with Crippen LogP contribution in [-0.2, 0) is 21.2 Å². The van der Waals surface area contributed by atoms with Crippen molar-refractivity contribution in [3.8, 4) is 5.75 Å². The van der Waals surface area contributed by atoms with Gasteiger partial charge in [0, 0.05) is 25.4 Å². The SMILES string of the molecule is CN(C[C@H]1CC(=O)[C@@]2(C)CCC3c4ccc(O)cc4CCC3C12)S(=O)(=O)c1cccs1. The summed E-state index contributed by atoms with van der Waals surface area (Å²) in [5.74, 6) is 1.62. The number of aryl methyl sites for hydroxylation is 1. The smallest absolute Gasteiger partial charge is 0.252 e. The summed E-state index contributed by atoms with van der Waals surface area (Å²) in [4.78, 5) is 13.2. The number of ketones is 1. The summed E-state index contributed by atoms with van der Waals surface area (Å²) < 4.78 is 27.8. The summed E-state index contributed by atoms with van der Waals surface area (Å²) >= 11 is 1.23. The first-order valence-corrected chi connectivity index (χ1v) is 13.4. The number of nitrogens with zero attached hydrogens (tertiary/aromatic N) is 1. The highest BCUT2D eigenvalue weighted by atomic mass is 32.2. The van der Waals surface area contributed by atoms with Gasteiger partial charge in [-0.2, -0.15) is 4.31 Å². The zero-order valence-electron chi connectivity index (χ0n) is 18.0. The first kappa shape index (κ1) is 21.2. The number of hydrogen-bond acceptors (Lipinski definition) is 5. The molecule has 7 heteroatoms. The molecule has 0 aliphatic heterocycles. The molecule has 0 spiro atoms. The molecule has 2 fully saturated rings. The third-order valence-electron chi connectivity index (χ3n) is 8.21. The van der Waals surface area contributed by atoms with Crippen molar-refractivity contribution >= 4 is 27.1 Å². The Hall–Kier alpha value is -1.70. The van der Waals surface area contributed by atoms with Crippen molar-refractivity contribution < 1.29 is 18.3 Å². The third-order valence-corrected chi connectivity index (χ3v) is 11.4. The van der Waals surface area contributed by atoms with Crippen LogP contribution in [0.1, 0.15) is 49.7 Å².